The largest absolute Gasteiger partial charge is 0.385 e. The minimum Gasteiger partial charge on any atom is -0.385 e. The third kappa shape index (κ3) is 2.92. The molecule has 0 atom stereocenters. The zero-order valence-electron chi connectivity index (χ0n) is 9.99. The molecule has 0 radical (unpaired) electrons. The molecule has 1 N–H and O–H groups in total. The second-order valence-electron chi connectivity index (χ2n) is 4.66. The lowest BCUT2D eigenvalue weighted by atomic mass is 10.0. The van der Waals surface area contributed by atoms with Gasteiger partial charge in [0.2, 0.25) is 0 Å². The maximum absolute atomic E-state index is 5.13. The number of aromatic nitrogens is 2. The smallest absolute Gasteiger partial charge is 0.148 e. The molecule has 4 heteroatoms. The molecule has 0 aliphatic heterocycles. The molecule has 16 heavy (non-hydrogen) atoms. The maximum Gasteiger partial charge on any atom is 0.148 e. The fourth-order valence-electron chi connectivity index (χ4n) is 1.78. The van der Waals surface area contributed by atoms with Crippen molar-refractivity contribution >= 4 is 5.82 Å². The van der Waals surface area contributed by atoms with Gasteiger partial charge in [0.1, 0.15) is 5.82 Å². The average molecular weight is 221 g/mol. The lowest BCUT2D eigenvalue weighted by molar-refractivity contribution is 0.175. The first-order valence-electron chi connectivity index (χ1n) is 5.77. The van der Waals surface area contributed by atoms with Crippen molar-refractivity contribution in [2.75, 3.05) is 25.6 Å². The molecule has 1 saturated carbocycles. The predicted molar refractivity (Wildman–Crippen MR) is 63.4 cm³/mol. The number of methoxy groups -OCH3 is 1. The number of hydrogen-bond donors (Lipinski definition) is 1. The van der Waals surface area contributed by atoms with Gasteiger partial charge in [0.15, 0.2) is 0 Å². The van der Waals surface area contributed by atoms with Gasteiger partial charge in [0.25, 0.3) is 0 Å². The van der Waals surface area contributed by atoms with Gasteiger partial charge in [-0.15, -0.1) is 5.10 Å². The fourth-order valence-corrected chi connectivity index (χ4v) is 1.78. The predicted octanol–water partition coefficient (Wildman–Crippen LogP) is 2.01. The van der Waals surface area contributed by atoms with Crippen LogP contribution in [0.25, 0.3) is 0 Å². The molecule has 0 aromatic carbocycles. The minimum absolute atomic E-state index is 0.447. The van der Waals surface area contributed by atoms with E-state index in [1.165, 1.54) is 12.8 Å². The molecule has 88 valence electrons. The van der Waals surface area contributed by atoms with Crippen LogP contribution in [0.1, 0.15) is 25.0 Å². The standard InChI is InChI=1S/C12H19N3O/c1-10-3-4-11(15-14-10)13-9-12(5-6-12)7-8-16-2/h3-4H,5-9H2,1-2H3,(H,13,15). The highest BCUT2D eigenvalue weighted by Crippen LogP contribution is 2.48. The first kappa shape index (κ1) is 11.3. The van der Waals surface area contributed by atoms with Gasteiger partial charge >= 0.3 is 0 Å². The Morgan fingerprint density at radius 1 is 1.38 bits per heavy atom. The van der Waals surface area contributed by atoms with Crippen molar-refractivity contribution < 1.29 is 4.74 Å². The third-order valence-corrected chi connectivity index (χ3v) is 3.24. The minimum atomic E-state index is 0.447. The Balaban J connectivity index is 1.81. The van der Waals surface area contributed by atoms with Gasteiger partial charge in [-0.05, 0) is 43.7 Å². The van der Waals surface area contributed by atoms with Gasteiger partial charge in [-0.1, -0.05) is 0 Å². The monoisotopic (exact) mass is 221 g/mol. The number of anilines is 1. The lowest BCUT2D eigenvalue weighted by Crippen LogP contribution is -2.18. The van der Waals surface area contributed by atoms with E-state index in [0.717, 1.165) is 31.1 Å². The van der Waals surface area contributed by atoms with Crippen molar-refractivity contribution in [1.29, 1.82) is 0 Å². The summed E-state index contributed by atoms with van der Waals surface area (Å²) in [6, 6.07) is 3.96. The third-order valence-electron chi connectivity index (χ3n) is 3.24. The lowest BCUT2D eigenvalue weighted by Gasteiger charge is -2.15. The molecule has 1 aromatic heterocycles. The molecular formula is C12H19N3O. The highest BCUT2D eigenvalue weighted by molar-refractivity contribution is 5.33. The van der Waals surface area contributed by atoms with E-state index in [1.54, 1.807) is 7.11 Å². The summed E-state index contributed by atoms with van der Waals surface area (Å²) >= 11 is 0. The van der Waals surface area contributed by atoms with Gasteiger partial charge in [-0.25, -0.2) is 0 Å². The van der Waals surface area contributed by atoms with Gasteiger partial charge in [-0.3, -0.25) is 0 Å². The normalized spacial score (nSPS) is 17.1. The Labute approximate surface area is 96.4 Å². The molecule has 0 saturated heterocycles. The van der Waals surface area contributed by atoms with Crippen molar-refractivity contribution in [3.63, 3.8) is 0 Å². The van der Waals surface area contributed by atoms with Crippen LogP contribution >= 0.6 is 0 Å². The second-order valence-corrected chi connectivity index (χ2v) is 4.66. The van der Waals surface area contributed by atoms with Crippen LogP contribution in [0.3, 0.4) is 0 Å². The van der Waals surface area contributed by atoms with Crippen LogP contribution in [0.5, 0.6) is 0 Å². The Morgan fingerprint density at radius 3 is 2.75 bits per heavy atom. The molecule has 1 heterocycles. The zero-order chi connectivity index (χ0) is 11.4. The molecule has 1 aromatic rings. The topological polar surface area (TPSA) is 47.0 Å². The molecular weight excluding hydrogens is 202 g/mol. The summed E-state index contributed by atoms with van der Waals surface area (Å²) in [7, 11) is 1.76. The molecule has 2 rings (SSSR count). The van der Waals surface area contributed by atoms with Gasteiger partial charge in [-0.2, -0.15) is 5.10 Å². The molecule has 0 spiro atoms. The Morgan fingerprint density at radius 2 is 2.19 bits per heavy atom. The fraction of sp³-hybridized carbons (Fsp3) is 0.667. The highest BCUT2D eigenvalue weighted by Gasteiger charge is 2.41. The van der Waals surface area contributed by atoms with Crippen molar-refractivity contribution in [2.24, 2.45) is 5.41 Å². The highest BCUT2D eigenvalue weighted by atomic mass is 16.5. The van der Waals surface area contributed by atoms with E-state index in [0.29, 0.717) is 5.41 Å². The Kier molecular flexibility index (Phi) is 3.39. The summed E-state index contributed by atoms with van der Waals surface area (Å²) in [5.74, 6) is 0.870. The zero-order valence-corrected chi connectivity index (χ0v) is 9.99. The van der Waals surface area contributed by atoms with Gasteiger partial charge in [0.05, 0.1) is 5.69 Å². The molecule has 4 nitrogen and oxygen atoms in total. The quantitative estimate of drug-likeness (QED) is 0.798. The SMILES string of the molecule is COCCC1(CNc2ccc(C)nn2)CC1. The molecule has 0 unspecified atom stereocenters. The van der Waals surface area contributed by atoms with Crippen molar-refractivity contribution in [3.8, 4) is 0 Å². The Bertz CT molecular complexity index is 333. The van der Waals surface area contributed by atoms with Gasteiger partial charge in [0, 0.05) is 20.3 Å². The number of rotatable bonds is 6. The molecule has 1 aliphatic carbocycles. The van der Waals surface area contributed by atoms with E-state index < -0.39 is 0 Å². The van der Waals surface area contributed by atoms with E-state index in [1.807, 2.05) is 19.1 Å². The Hall–Kier alpha value is -1.16. The number of ether oxygens (including phenoxy) is 1. The van der Waals surface area contributed by atoms with E-state index in [2.05, 4.69) is 15.5 Å². The second kappa shape index (κ2) is 4.78. The first-order valence-corrected chi connectivity index (χ1v) is 5.77. The average Bonchev–Trinajstić information content (AvgIpc) is 3.07. The van der Waals surface area contributed by atoms with Crippen LogP contribution in [0.2, 0.25) is 0 Å². The number of nitrogens with zero attached hydrogens (tertiary/aromatic N) is 2. The number of nitrogens with one attached hydrogen (secondary N) is 1. The van der Waals surface area contributed by atoms with Crippen molar-refractivity contribution in [1.82, 2.24) is 10.2 Å². The van der Waals surface area contributed by atoms with Crippen LogP contribution < -0.4 is 5.32 Å². The van der Waals surface area contributed by atoms with Crippen LogP contribution in [0.4, 0.5) is 5.82 Å². The number of hydrogen-bond acceptors (Lipinski definition) is 4. The summed E-state index contributed by atoms with van der Waals surface area (Å²) in [6.07, 6.45) is 3.72. The van der Waals surface area contributed by atoms with Crippen LogP contribution in [0.15, 0.2) is 12.1 Å². The van der Waals surface area contributed by atoms with E-state index in [4.69, 9.17) is 4.74 Å². The summed E-state index contributed by atoms with van der Waals surface area (Å²) in [5.41, 5.74) is 1.40. The summed E-state index contributed by atoms with van der Waals surface area (Å²) < 4.78 is 5.13. The molecule has 0 bridgehead atoms. The van der Waals surface area contributed by atoms with E-state index in [9.17, 15) is 0 Å². The summed E-state index contributed by atoms with van der Waals surface area (Å²) in [4.78, 5) is 0. The molecule has 0 amide bonds. The van der Waals surface area contributed by atoms with Crippen molar-refractivity contribution in [3.05, 3.63) is 17.8 Å². The molecule has 1 fully saturated rings. The van der Waals surface area contributed by atoms with Crippen molar-refractivity contribution in [2.45, 2.75) is 26.2 Å². The van der Waals surface area contributed by atoms with Gasteiger partial charge < -0.3 is 10.1 Å². The van der Waals surface area contributed by atoms with Crippen LogP contribution in [0, 0.1) is 12.3 Å². The maximum atomic E-state index is 5.13. The van der Waals surface area contributed by atoms with E-state index in [-0.39, 0.29) is 0 Å². The summed E-state index contributed by atoms with van der Waals surface area (Å²) in [5, 5.41) is 11.5. The van der Waals surface area contributed by atoms with Crippen LogP contribution in [-0.2, 0) is 4.74 Å². The number of aryl methyl sites for hydroxylation is 1. The van der Waals surface area contributed by atoms with E-state index >= 15 is 0 Å². The van der Waals surface area contributed by atoms with Crippen LogP contribution in [-0.4, -0.2) is 30.5 Å². The summed E-state index contributed by atoms with van der Waals surface area (Å²) in [6.45, 7) is 3.77. The molecule has 1 aliphatic rings. The first-order chi connectivity index (χ1) is 7.74.